The van der Waals surface area contributed by atoms with Gasteiger partial charge in [-0.3, -0.25) is 19.2 Å². The van der Waals surface area contributed by atoms with Gasteiger partial charge in [-0.15, -0.1) is 0 Å². The predicted molar refractivity (Wildman–Crippen MR) is 114 cm³/mol. The zero-order valence-corrected chi connectivity index (χ0v) is 17.4. The minimum Gasteiger partial charge on any atom is -0.325 e. The van der Waals surface area contributed by atoms with Gasteiger partial charge < -0.3 is 16.0 Å². The number of rotatable bonds is 7. The van der Waals surface area contributed by atoms with E-state index in [-0.39, 0.29) is 11.8 Å². The van der Waals surface area contributed by atoms with Crippen molar-refractivity contribution in [1.82, 2.24) is 20.0 Å². The average molecular weight is 399 g/mol. The fourth-order valence-electron chi connectivity index (χ4n) is 3.60. The molecule has 1 unspecified atom stereocenters. The number of carbonyl (C=O) groups excluding carboxylic acids is 2. The highest BCUT2D eigenvalue weighted by molar-refractivity contribution is 5.97. The Morgan fingerprint density at radius 1 is 1.17 bits per heavy atom. The van der Waals surface area contributed by atoms with Crippen molar-refractivity contribution in [2.24, 2.45) is 7.05 Å². The molecule has 2 amide bonds. The molecule has 156 valence electrons. The fourth-order valence-corrected chi connectivity index (χ4v) is 3.60. The molecular weight excluding hydrogens is 368 g/mol. The highest BCUT2D eigenvalue weighted by Crippen LogP contribution is 2.22. The van der Waals surface area contributed by atoms with Gasteiger partial charge in [0.15, 0.2) is 0 Å². The van der Waals surface area contributed by atoms with Crippen LogP contribution in [0.2, 0.25) is 0 Å². The molecule has 1 aliphatic rings. The Morgan fingerprint density at radius 2 is 1.93 bits per heavy atom. The van der Waals surface area contributed by atoms with Crippen LogP contribution in [0.15, 0.2) is 30.6 Å². The van der Waals surface area contributed by atoms with Gasteiger partial charge in [0.2, 0.25) is 11.8 Å². The quantitative estimate of drug-likeness (QED) is 0.664. The van der Waals surface area contributed by atoms with Crippen molar-refractivity contribution in [2.45, 2.75) is 32.2 Å². The zero-order chi connectivity index (χ0) is 20.8. The Bertz CT molecular complexity index is 857. The van der Waals surface area contributed by atoms with Crippen LogP contribution in [0.3, 0.4) is 0 Å². The summed E-state index contributed by atoms with van der Waals surface area (Å²) in [5.74, 6) is -0.211. The zero-order valence-electron chi connectivity index (χ0n) is 17.4. The van der Waals surface area contributed by atoms with Crippen LogP contribution in [0.1, 0.15) is 36.4 Å². The molecule has 2 heterocycles. The summed E-state index contributed by atoms with van der Waals surface area (Å²) in [7, 11) is 3.55. The molecule has 0 bridgehead atoms. The van der Waals surface area contributed by atoms with Crippen molar-refractivity contribution in [3.05, 3.63) is 41.7 Å². The molecule has 8 heteroatoms. The SMILES string of the molecule is CNC(C(=O)Nc1ccc(C)c(NC(=O)CN2CCCCC2)c1)c1cnn(C)c1. The molecule has 1 fully saturated rings. The highest BCUT2D eigenvalue weighted by Gasteiger charge is 2.21. The van der Waals surface area contributed by atoms with Crippen LogP contribution >= 0.6 is 0 Å². The summed E-state index contributed by atoms with van der Waals surface area (Å²) in [5.41, 5.74) is 3.09. The van der Waals surface area contributed by atoms with Crippen LogP contribution in [-0.2, 0) is 16.6 Å². The van der Waals surface area contributed by atoms with Crippen LogP contribution in [0, 0.1) is 6.92 Å². The molecule has 1 aromatic carbocycles. The van der Waals surface area contributed by atoms with Crippen LogP contribution in [0.25, 0.3) is 0 Å². The predicted octanol–water partition coefficient (Wildman–Crippen LogP) is 2.05. The maximum Gasteiger partial charge on any atom is 0.246 e. The van der Waals surface area contributed by atoms with Crippen molar-refractivity contribution < 1.29 is 9.59 Å². The van der Waals surface area contributed by atoms with Crippen molar-refractivity contribution in [2.75, 3.05) is 37.3 Å². The minimum atomic E-state index is -0.512. The number of aromatic nitrogens is 2. The lowest BCUT2D eigenvalue weighted by molar-refractivity contribution is -0.118. The average Bonchev–Trinajstić information content (AvgIpc) is 3.11. The van der Waals surface area contributed by atoms with Gasteiger partial charge in [-0.25, -0.2) is 0 Å². The first-order valence-corrected chi connectivity index (χ1v) is 10.1. The second-order valence-electron chi connectivity index (χ2n) is 7.57. The standard InChI is InChI=1S/C21H30N6O2/c1-15-7-8-17(24-21(29)20(22-2)16-12-23-26(3)13-16)11-18(15)25-19(28)14-27-9-5-4-6-10-27/h7-8,11-13,20,22H,4-6,9-10,14H2,1-3H3,(H,24,29)(H,25,28). The number of nitrogens with zero attached hydrogens (tertiary/aromatic N) is 3. The van der Waals surface area contributed by atoms with Gasteiger partial charge in [-0.2, -0.15) is 5.10 Å². The first-order valence-electron chi connectivity index (χ1n) is 10.1. The minimum absolute atomic E-state index is 0.0260. The van der Waals surface area contributed by atoms with E-state index in [2.05, 4.69) is 25.9 Å². The molecule has 0 radical (unpaired) electrons. The van der Waals surface area contributed by atoms with E-state index >= 15 is 0 Å². The van der Waals surface area contributed by atoms with Crippen LogP contribution in [0.5, 0.6) is 0 Å². The molecule has 0 saturated carbocycles. The number of likely N-dealkylation sites (tertiary alicyclic amines) is 1. The normalized spacial score (nSPS) is 15.7. The van der Waals surface area contributed by atoms with Gasteiger partial charge in [0.1, 0.15) is 6.04 Å². The number of likely N-dealkylation sites (N-methyl/N-ethyl adjacent to an activating group) is 1. The summed E-state index contributed by atoms with van der Waals surface area (Å²) in [5, 5.41) is 13.1. The lowest BCUT2D eigenvalue weighted by atomic mass is 10.1. The van der Waals surface area contributed by atoms with Gasteiger partial charge in [-0.05, 0) is 57.6 Å². The van der Waals surface area contributed by atoms with E-state index in [0.29, 0.717) is 17.9 Å². The molecule has 0 spiro atoms. The van der Waals surface area contributed by atoms with E-state index in [1.54, 1.807) is 24.0 Å². The van der Waals surface area contributed by atoms with E-state index in [1.165, 1.54) is 6.42 Å². The highest BCUT2D eigenvalue weighted by atomic mass is 16.2. The number of hydrogen-bond donors (Lipinski definition) is 3. The van der Waals surface area contributed by atoms with Gasteiger partial charge in [0.25, 0.3) is 0 Å². The largest absolute Gasteiger partial charge is 0.325 e. The summed E-state index contributed by atoms with van der Waals surface area (Å²) >= 11 is 0. The van der Waals surface area contributed by atoms with Crippen molar-refractivity contribution >= 4 is 23.2 Å². The summed E-state index contributed by atoms with van der Waals surface area (Å²) in [6.07, 6.45) is 7.02. The van der Waals surface area contributed by atoms with Gasteiger partial charge in [0, 0.05) is 30.2 Å². The number of anilines is 2. The van der Waals surface area contributed by atoms with E-state index < -0.39 is 6.04 Å². The Morgan fingerprint density at radius 3 is 2.59 bits per heavy atom. The second kappa shape index (κ2) is 9.67. The molecule has 0 aliphatic carbocycles. The van der Waals surface area contributed by atoms with Crippen molar-refractivity contribution in [1.29, 1.82) is 0 Å². The molecule has 3 N–H and O–H groups in total. The number of amides is 2. The first kappa shape index (κ1) is 21.0. The third-order valence-electron chi connectivity index (χ3n) is 5.20. The smallest absolute Gasteiger partial charge is 0.246 e. The Balaban J connectivity index is 1.64. The molecule has 1 atom stereocenters. The van der Waals surface area contributed by atoms with Crippen LogP contribution in [0.4, 0.5) is 11.4 Å². The first-order chi connectivity index (χ1) is 14.0. The number of benzene rings is 1. The molecule has 8 nitrogen and oxygen atoms in total. The van der Waals surface area contributed by atoms with E-state index in [9.17, 15) is 9.59 Å². The Hall–Kier alpha value is -2.71. The number of hydrogen-bond acceptors (Lipinski definition) is 5. The summed E-state index contributed by atoms with van der Waals surface area (Å²) in [4.78, 5) is 27.4. The molecular formula is C21H30N6O2. The van der Waals surface area contributed by atoms with Crippen LogP contribution < -0.4 is 16.0 Å². The third-order valence-corrected chi connectivity index (χ3v) is 5.20. The van der Waals surface area contributed by atoms with Gasteiger partial charge >= 0.3 is 0 Å². The molecule has 3 rings (SSSR count). The number of piperidine rings is 1. The number of nitrogens with one attached hydrogen (secondary N) is 3. The summed E-state index contributed by atoms with van der Waals surface area (Å²) in [6, 6.07) is 5.02. The second-order valence-corrected chi connectivity index (χ2v) is 7.57. The monoisotopic (exact) mass is 398 g/mol. The maximum atomic E-state index is 12.7. The molecule has 1 aliphatic heterocycles. The Labute approximate surface area is 171 Å². The summed E-state index contributed by atoms with van der Waals surface area (Å²) in [6.45, 7) is 4.29. The maximum absolute atomic E-state index is 12.7. The molecule has 1 saturated heterocycles. The van der Waals surface area contributed by atoms with Gasteiger partial charge in [-0.1, -0.05) is 12.5 Å². The van der Waals surface area contributed by atoms with E-state index in [4.69, 9.17) is 0 Å². The Kier molecular flexibility index (Phi) is 7.00. The topological polar surface area (TPSA) is 91.3 Å². The van der Waals surface area contributed by atoms with Gasteiger partial charge in [0.05, 0.1) is 12.7 Å². The van der Waals surface area contributed by atoms with Crippen molar-refractivity contribution in [3.63, 3.8) is 0 Å². The molecule has 1 aromatic heterocycles. The van der Waals surface area contributed by atoms with E-state index in [1.807, 2.05) is 32.3 Å². The summed E-state index contributed by atoms with van der Waals surface area (Å²) < 4.78 is 1.66. The lowest BCUT2D eigenvalue weighted by Gasteiger charge is -2.25. The molecule has 29 heavy (non-hydrogen) atoms. The van der Waals surface area contributed by atoms with Crippen molar-refractivity contribution in [3.8, 4) is 0 Å². The van der Waals surface area contributed by atoms with Crippen LogP contribution in [-0.4, -0.2) is 53.2 Å². The lowest BCUT2D eigenvalue weighted by Crippen LogP contribution is -2.36. The third kappa shape index (κ3) is 5.65. The molecule has 2 aromatic rings. The number of carbonyl (C=O) groups is 2. The fraction of sp³-hybridized carbons (Fsp3) is 0.476. The number of aryl methyl sites for hydroxylation is 2. The van der Waals surface area contributed by atoms with E-state index in [0.717, 1.165) is 37.1 Å².